The van der Waals surface area contributed by atoms with Crippen LogP contribution in [0.2, 0.25) is 0 Å². The molecule has 11 heteroatoms. The number of aryl methyl sites for hydroxylation is 1. The minimum atomic E-state index is -0.660. The summed E-state index contributed by atoms with van der Waals surface area (Å²) in [4.78, 5) is 39.7. The Morgan fingerprint density at radius 2 is 1.58 bits per heavy atom. The highest BCUT2D eigenvalue weighted by molar-refractivity contribution is 6.08. The van der Waals surface area contributed by atoms with Crippen molar-refractivity contribution < 1.29 is 33.3 Å². The minimum Gasteiger partial charge on any atom is -0.493 e. The number of hydrogen-bond acceptors (Lipinski definition) is 10. The van der Waals surface area contributed by atoms with Crippen LogP contribution in [0, 0.1) is 6.92 Å². The van der Waals surface area contributed by atoms with Gasteiger partial charge >= 0.3 is 5.97 Å². The summed E-state index contributed by atoms with van der Waals surface area (Å²) in [6.07, 6.45) is 3.32. The Morgan fingerprint density at radius 3 is 2.22 bits per heavy atom. The minimum absolute atomic E-state index is 0.00684. The topological polar surface area (TPSA) is 131 Å². The van der Waals surface area contributed by atoms with Gasteiger partial charge in [0.2, 0.25) is 5.75 Å². The molecule has 1 N–H and O–H groups in total. The first-order valence-corrected chi connectivity index (χ1v) is 14.0. The first-order chi connectivity index (χ1) is 21.9. The van der Waals surface area contributed by atoms with Crippen molar-refractivity contribution in [3.05, 3.63) is 101 Å². The Morgan fingerprint density at radius 1 is 0.822 bits per heavy atom. The normalized spacial score (nSPS) is 10.7. The molecule has 0 fully saturated rings. The molecule has 5 aromatic rings. The average Bonchev–Trinajstić information content (AvgIpc) is 3.08. The van der Waals surface area contributed by atoms with Gasteiger partial charge in [0, 0.05) is 29.0 Å². The Balaban J connectivity index is 1.68. The van der Waals surface area contributed by atoms with Gasteiger partial charge in [-0.2, -0.15) is 0 Å². The molecule has 0 saturated heterocycles. The third-order valence-corrected chi connectivity index (χ3v) is 7.17. The number of benzene rings is 2. The summed E-state index contributed by atoms with van der Waals surface area (Å²) in [6, 6.07) is 17.9. The monoisotopic (exact) mass is 608 g/mol. The van der Waals surface area contributed by atoms with E-state index in [0.29, 0.717) is 61.8 Å². The van der Waals surface area contributed by atoms with Gasteiger partial charge in [0.05, 0.1) is 51.9 Å². The Labute approximate surface area is 260 Å². The van der Waals surface area contributed by atoms with Crippen molar-refractivity contribution in [2.24, 2.45) is 0 Å². The Hall–Kier alpha value is -5.71. The van der Waals surface area contributed by atoms with Crippen LogP contribution in [0.25, 0.3) is 21.9 Å². The van der Waals surface area contributed by atoms with Crippen LogP contribution < -0.4 is 24.3 Å². The van der Waals surface area contributed by atoms with Crippen LogP contribution in [0.5, 0.6) is 23.0 Å². The molecule has 0 atom stereocenters. The lowest BCUT2D eigenvalue weighted by molar-refractivity contribution is 0.0595. The zero-order valence-corrected chi connectivity index (χ0v) is 25.5. The first kappa shape index (κ1) is 30.7. The molecule has 0 aliphatic carbocycles. The molecule has 1 amide bonds. The van der Waals surface area contributed by atoms with Gasteiger partial charge in [0.15, 0.2) is 17.2 Å². The van der Waals surface area contributed by atoms with Crippen LogP contribution in [0.1, 0.15) is 37.9 Å². The quantitative estimate of drug-likeness (QED) is 0.197. The van der Waals surface area contributed by atoms with E-state index in [-0.39, 0.29) is 24.8 Å². The zero-order valence-electron chi connectivity index (χ0n) is 25.5. The Kier molecular flexibility index (Phi) is 9.37. The molecule has 45 heavy (non-hydrogen) atoms. The fourth-order valence-electron chi connectivity index (χ4n) is 4.97. The molecule has 0 aliphatic rings. The van der Waals surface area contributed by atoms with Gasteiger partial charge in [-0.3, -0.25) is 14.8 Å². The number of esters is 1. The van der Waals surface area contributed by atoms with Crippen molar-refractivity contribution in [3.63, 3.8) is 0 Å². The highest BCUT2D eigenvalue weighted by atomic mass is 16.5. The van der Waals surface area contributed by atoms with E-state index in [4.69, 9.17) is 28.7 Å². The van der Waals surface area contributed by atoms with Crippen LogP contribution in [0.15, 0.2) is 73.1 Å². The van der Waals surface area contributed by atoms with Gasteiger partial charge < -0.3 is 29.0 Å². The summed E-state index contributed by atoms with van der Waals surface area (Å²) in [5.74, 6) is 0.755. The van der Waals surface area contributed by atoms with Crippen molar-refractivity contribution in [1.29, 1.82) is 0 Å². The van der Waals surface area contributed by atoms with Gasteiger partial charge in [0.1, 0.15) is 12.4 Å². The molecule has 11 nitrogen and oxygen atoms in total. The van der Waals surface area contributed by atoms with Gasteiger partial charge in [-0.1, -0.05) is 6.07 Å². The van der Waals surface area contributed by atoms with Crippen LogP contribution in [0.3, 0.4) is 0 Å². The number of ether oxygens (including phenoxy) is 5. The molecule has 3 aromatic heterocycles. The standard InChI is InChI=1S/C34H32N4O7/c1-20-24(10-8-14-35-20)33(39)37-18-27-26-17-23(45-19-22-9-6-7-13-36-22)11-12-25(26)30(31(38-27)34(40)44-5)21-15-28(41-2)32(43-4)29(16-21)42-3/h6-17H,18-19H2,1-5H3,(H,37,39). The lowest BCUT2D eigenvalue weighted by Crippen LogP contribution is -2.25. The lowest BCUT2D eigenvalue weighted by Gasteiger charge is -2.19. The molecule has 0 aliphatic heterocycles. The first-order valence-electron chi connectivity index (χ1n) is 14.0. The maximum atomic E-state index is 13.3. The zero-order chi connectivity index (χ0) is 31.9. The van der Waals surface area contributed by atoms with E-state index < -0.39 is 5.97 Å². The van der Waals surface area contributed by atoms with Crippen molar-refractivity contribution in [3.8, 4) is 34.1 Å². The number of pyridine rings is 3. The van der Waals surface area contributed by atoms with E-state index >= 15 is 0 Å². The number of aromatic nitrogens is 3. The van der Waals surface area contributed by atoms with Gasteiger partial charge in [-0.25, -0.2) is 9.78 Å². The molecule has 0 radical (unpaired) electrons. The number of methoxy groups -OCH3 is 4. The highest BCUT2D eigenvalue weighted by Gasteiger charge is 2.25. The molecule has 0 unspecified atom stereocenters. The van der Waals surface area contributed by atoms with Crippen LogP contribution in [0.4, 0.5) is 0 Å². The second-order valence-electron chi connectivity index (χ2n) is 9.82. The number of hydrogen-bond donors (Lipinski definition) is 1. The number of rotatable bonds is 11. The van der Waals surface area contributed by atoms with Crippen molar-refractivity contribution in [1.82, 2.24) is 20.3 Å². The van der Waals surface area contributed by atoms with E-state index in [2.05, 4.69) is 15.3 Å². The van der Waals surface area contributed by atoms with Crippen LogP contribution in [-0.2, 0) is 17.9 Å². The summed E-state index contributed by atoms with van der Waals surface area (Å²) >= 11 is 0. The summed E-state index contributed by atoms with van der Waals surface area (Å²) in [5.41, 5.74) is 3.31. The van der Waals surface area contributed by atoms with Crippen LogP contribution in [-0.4, -0.2) is 55.3 Å². The Bertz CT molecular complexity index is 1840. The van der Waals surface area contributed by atoms with E-state index in [1.807, 2.05) is 30.3 Å². The second kappa shape index (κ2) is 13.7. The molecule has 0 saturated carbocycles. The second-order valence-corrected chi connectivity index (χ2v) is 9.82. The number of nitrogens with one attached hydrogen (secondary N) is 1. The van der Waals surface area contributed by atoms with Gasteiger partial charge in [-0.15, -0.1) is 0 Å². The maximum absolute atomic E-state index is 13.3. The lowest BCUT2D eigenvalue weighted by atomic mass is 9.94. The fourth-order valence-corrected chi connectivity index (χ4v) is 4.97. The molecule has 3 heterocycles. The molecular formula is C34H32N4O7. The number of nitrogens with zero attached hydrogens (tertiary/aromatic N) is 3. The molecule has 0 spiro atoms. The average molecular weight is 609 g/mol. The number of amides is 1. The van der Waals surface area contributed by atoms with Crippen molar-refractivity contribution in [2.45, 2.75) is 20.1 Å². The number of carbonyl (C=O) groups excluding carboxylic acids is 2. The summed E-state index contributed by atoms with van der Waals surface area (Å²) in [5, 5.41) is 4.22. The summed E-state index contributed by atoms with van der Waals surface area (Å²) < 4.78 is 27.9. The van der Waals surface area contributed by atoms with Crippen molar-refractivity contribution >= 4 is 22.6 Å². The van der Waals surface area contributed by atoms with Gasteiger partial charge in [0.25, 0.3) is 5.91 Å². The SMILES string of the molecule is COC(=O)c1nc(CNC(=O)c2cccnc2C)c2cc(OCc3ccccn3)ccc2c1-c1cc(OC)c(OC)c(OC)c1. The number of carbonyl (C=O) groups is 2. The summed E-state index contributed by atoms with van der Waals surface area (Å²) in [7, 11) is 5.83. The predicted molar refractivity (Wildman–Crippen MR) is 167 cm³/mol. The van der Waals surface area contributed by atoms with Crippen LogP contribution >= 0.6 is 0 Å². The van der Waals surface area contributed by atoms with E-state index in [9.17, 15) is 9.59 Å². The highest BCUT2D eigenvalue weighted by Crippen LogP contribution is 2.44. The largest absolute Gasteiger partial charge is 0.493 e. The van der Waals surface area contributed by atoms with Gasteiger partial charge in [-0.05, 0) is 72.5 Å². The third-order valence-electron chi connectivity index (χ3n) is 7.17. The third kappa shape index (κ3) is 6.47. The van der Waals surface area contributed by atoms with E-state index in [1.54, 1.807) is 49.6 Å². The molecule has 2 aromatic carbocycles. The van der Waals surface area contributed by atoms with Crippen molar-refractivity contribution in [2.75, 3.05) is 28.4 Å². The van der Waals surface area contributed by atoms with E-state index in [1.165, 1.54) is 28.4 Å². The molecule has 5 rings (SSSR count). The molecular weight excluding hydrogens is 576 g/mol. The van der Waals surface area contributed by atoms with E-state index in [0.717, 1.165) is 5.69 Å². The number of fused-ring (bicyclic) bond motifs is 1. The maximum Gasteiger partial charge on any atom is 0.357 e. The molecule has 0 bridgehead atoms. The fraction of sp³-hybridized carbons (Fsp3) is 0.206. The summed E-state index contributed by atoms with van der Waals surface area (Å²) in [6.45, 7) is 2.01. The predicted octanol–water partition coefficient (Wildman–Crippen LogP) is 5.32. The molecule has 230 valence electrons. The smallest absolute Gasteiger partial charge is 0.357 e.